The van der Waals surface area contributed by atoms with Crippen molar-refractivity contribution in [3.63, 3.8) is 0 Å². The molecule has 46 heavy (non-hydrogen) atoms. The average molecular weight is 639 g/mol. The minimum atomic E-state index is -1.20. The van der Waals surface area contributed by atoms with Crippen molar-refractivity contribution in [2.75, 3.05) is 0 Å². The van der Waals surface area contributed by atoms with E-state index in [2.05, 4.69) is 13.8 Å². The molecule has 0 amide bonds. The van der Waals surface area contributed by atoms with Crippen LogP contribution in [-0.4, -0.2) is 35.4 Å². The van der Waals surface area contributed by atoms with Crippen molar-refractivity contribution in [1.29, 1.82) is 0 Å². The highest BCUT2D eigenvalue weighted by Crippen LogP contribution is 2.26. The van der Waals surface area contributed by atoms with Crippen LogP contribution in [0.3, 0.4) is 0 Å². The largest absolute Gasteiger partial charge is 0.426 e. The van der Waals surface area contributed by atoms with Gasteiger partial charge in [0.05, 0.1) is 0 Å². The second-order valence-electron chi connectivity index (χ2n) is 11.0. The Labute approximate surface area is 271 Å². The van der Waals surface area contributed by atoms with Crippen LogP contribution in [0, 0.1) is 0 Å². The molecular formula is C36H46O10. The van der Waals surface area contributed by atoms with Gasteiger partial charge in [-0.3, -0.25) is 19.2 Å². The van der Waals surface area contributed by atoms with Crippen LogP contribution >= 0.6 is 0 Å². The Bertz CT molecular complexity index is 1260. The Balaban J connectivity index is 2.25. The van der Waals surface area contributed by atoms with E-state index >= 15 is 0 Å². The maximum absolute atomic E-state index is 13.1. The molecule has 0 aliphatic carbocycles. The smallest absolute Gasteiger partial charge is 0.390 e. The van der Waals surface area contributed by atoms with Crippen molar-refractivity contribution in [1.82, 2.24) is 0 Å². The first kappa shape index (κ1) is 37.8. The van der Waals surface area contributed by atoms with E-state index in [1.54, 1.807) is 13.8 Å². The van der Waals surface area contributed by atoms with Crippen LogP contribution in [0.25, 0.3) is 0 Å². The molecule has 0 atom stereocenters. The highest BCUT2D eigenvalue weighted by Gasteiger charge is 2.25. The number of benzene rings is 2. The zero-order chi connectivity index (χ0) is 33.9. The van der Waals surface area contributed by atoms with Gasteiger partial charge in [0.15, 0.2) is 11.6 Å². The predicted molar refractivity (Wildman–Crippen MR) is 171 cm³/mol. The third kappa shape index (κ3) is 12.6. The van der Waals surface area contributed by atoms with E-state index in [9.17, 15) is 28.8 Å². The summed E-state index contributed by atoms with van der Waals surface area (Å²) >= 11 is 0. The SMILES string of the molecule is CCCCCCCC(=O)c1ccc(OC(=O)CC)c(C(=O)OOC(=O)c2cc(C(=O)CCCCCCC)ccc2OC(=O)CC)c1. The van der Waals surface area contributed by atoms with Gasteiger partial charge in [0, 0.05) is 36.8 Å². The number of hydrogen-bond donors (Lipinski definition) is 0. The lowest BCUT2D eigenvalue weighted by molar-refractivity contribution is -0.187. The minimum Gasteiger partial charge on any atom is -0.426 e. The lowest BCUT2D eigenvalue weighted by atomic mass is 10.0. The third-order valence-corrected chi connectivity index (χ3v) is 7.28. The molecule has 0 bridgehead atoms. The molecular weight excluding hydrogens is 592 g/mol. The monoisotopic (exact) mass is 638 g/mol. The van der Waals surface area contributed by atoms with Gasteiger partial charge in [0.25, 0.3) is 0 Å². The van der Waals surface area contributed by atoms with E-state index in [4.69, 9.17) is 19.2 Å². The molecule has 2 aromatic carbocycles. The maximum Gasteiger partial charge on any atom is 0.390 e. The molecule has 250 valence electrons. The molecule has 0 saturated heterocycles. The van der Waals surface area contributed by atoms with Crippen LogP contribution < -0.4 is 9.47 Å². The summed E-state index contributed by atoms with van der Waals surface area (Å²) in [6.45, 7) is 7.36. The zero-order valence-electron chi connectivity index (χ0n) is 27.4. The van der Waals surface area contributed by atoms with E-state index in [-0.39, 0.29) is 71.0 Å². The van der Waals surface area contributed by atoms with Gasteiger partial charge in [-0.25, -0.2) is 19.4 Å². The highest BCUT2D eigenvalue weighted by molar-refractivity contribution is 6.02. The molecule has 0 unspecified atom stereocenters. The Morgan fingerprint density at radius 3 is 1.22 bits per heavy atom. The number of carbonyl (C=O) groups excluding carboxylic acids is 6. The van der Waals surface area contributed by atoms with Crippen molar-refractivity contribution in [2.24, 2.45) is 0 Å². The molecule has 0 aromatic heterocycles. The molecule has 0 fully saturated rings. The number of ether oxygens (including phenoxy) is 2. The number of ketones is 2. The molecule has 0 aliphatic rings. The fourth-order valence-electron chi connectivity index (χ4n) is 4.53. The minimum absolute atomic E-state index is 0.0228. The summed E-state index contributed by atoms with van der Waals surface area (Å²) < 4.78 is 10.5. The number of unbranched alkanes of at least 4 members (excludes halogenated alkanes) is 8. The maximum atomic E-state index is 13.1. The normalized spacial score (nSPS) is 10.6. The van der Waals surface area contributed by atoms with Gasteiger partial charge in [0.2, 0.25) is 0 Å². The second-order valence-corrected chi connectivity index (χ2v) is 11.0. The quantitative estimate of drug-likeness (QED) is 0.0347. The first-order chi connectivity index (χ1) is 22.1. The van der Waals surface area contributed by atoms with Gasteiger partial charge in [-0.1, -0.05) is 79.1 Å². The average Bonchev–Trinajstić information content (AvgIpc) is 3.06. The van der Waals surface area contributed by atoms with Crippen LogP contribution in [-0.2, 0) is 19.4 Å². The summed E-state index contributed by atoms with van der Waals surface area (Å²) in [6, 6.07) is 8.01. The summed E-state index contributed by atoms with van der Waals surface area (Å²) in [6.07, 6.45) is 10.1. The fraction of sp³-hybridized carbons (Fsp3) is 0.500. The second kappa shape index (κ2) is 20.6. The molecule has 2 aromatic rings. The van der Waals surface area contributed by atoms with Crippen LogP contribution in [0.15, 0.2) is 36.4 Å². The number of hydrogen-bond acceptors (Lipinski definition) is 10. The molecule has 0 aliphatic heterocycles. The molecule has 0 heterocycles. The zero-order valence-corrected chi connectivity index (χ0v) is 27.4. The number of carbonyl (C=O) groups is 6. The van der Waals surface area contributed by atoms with Crippen molar-refractivity contribution < 1.29 is 48.0 Å². The van der Waals surface area contributed by atoms with E-state index in [0.29, 0.717) is 12.8 Å². The lowest BCUT2D eigenvalue weighted by Crippen LogP contribution is -2.17. The van der Waals surface area contributed by atoms with E-state index in [0.717, 1.165) is 51.4 Å². The molecule has 0 radical (unpaired) electrons. The van der Waals surface area contributed by atoms with Crippen molar-refractivity contribution in [3.8, 4) is 11.5 Å². The Morgan fingerprint density at radius 1 is 0.500 bits per heavy atom. The van der Waals surface area contributed by atoms with Gasteiger partial charge in [0.1, 0.15) is 22.6 Å². The van der Waals surface area contributed by atoms with Gasteiger partial charge in [-0.15, -0.1) is 0 Å². The number of esters is 2. The Kier molecular flexibility index (Phi) is 17.0. The molecule has 10 heteroatoms. The summed E-state index contributed by atoms with van der Waals surface area (Å²) in [5, 5.41) is 0. The van der Waals surface area contributed by atoms with Crippen molar-refractivity contribution in [2.45, 2.75) is 118 Å². The van der Waals surface area contributed by atoms with Gasteiger partial charge >= 0.3 is 23.9 Å². The van der Waals surface area contributed by atoms with E-state index in [1.165, 1.54) is 36.4 Å². The number of rotatable bonds is 20. The molecule has 0 saturated carbocycles. The van der Waals surface area contributed by atoms with Crippen LogP contribution in [0.4, 0.5) is 0 Å². The van der Waals surface area contributed by atoms with E-state index in [1.807, 2.05) is 0 Å². The van der Waals surface area contributed by atoms with Crippen LogP contribution in [0.2, 0.25) is 0 Å². The molecule has 10 nitrogen and oxygen atoms in total. The number of Topliss-reactive ketones (excluding diaryl/α,β-unsaturated/α-hetero) is 2. The third-order valence-electron chi connectivity index (χ3n) is 7.28. The summed E-state index contributed by atoms with van der Waals surface area (Å²) in [4.78, 5) is 85.6. The van der Waals surface area contributed by atoms with Gasteiger partial charge in [-0.2, -0.15) is 0 Å². The standard InChI is InChI=1S/C36H46O10/c1-5-9-11-13-15-17-29(37)25-19-21-31(43-33(39)7-3)27(23-25)35(41)45-46-36(42)28-24-26(20-22-32(28)44-34(40)8-4)30(38)18-16-14-12-10-6-2/h19-24H,5-18H2,1-4H3. The summed E-state index contributed by atoms with van der Waals surface area (Å²) in [7, 11) is 0. The fourth-order valence-corrected chi connectivity index (χ4v) is 4.53. The first-order valence-corrected chi connectivity index (χ1v) is 16.3. The van der Waals surface area contributed by atoms with Crippen molar-refractivity contribution >= 4 is 35.4 Å². The van der Waals surface area contributed by atoms with Gasteiger partial charge in [-0.05, 0) is 49.2 Å². The van der Waals surface area contributed by atoms with Crippen molar-refractivity contribution in [3.05, 3.63) is 58.7 Å². The summed E-state index contributed by atoms with van der Waals surface area (Å²) in [5.41, 5.74) is -0.174. The molecule has 0 spiro atoms. The van der Waals surface area contributed by atoms with Gasteiger partial charge < -0.3 is 9.47 Å². The van der Waals surface area contributed by atoms with Crippen LogP contribution in [0.5, 0.6) is 11.5 Å². The summed E-state index contributed by atoms with van der Waals surface area (Å²) in [5.74, 6) is -4.40. The highest BCUT2D eigenvalue weighted by atomic mass is 17.2. The Morgan fingerprint density at radius 2 is 0.870 bits per heavy atom. The van der Waals surface area contributed by atoms with E-state index < -0.39 is 23.9 Å². The topological polar surface area (TPSA) is 139 Å². The molecule has 0 N–H and O–H groups in total. The predicted octanol–water partition coefficient (Wildman–Crippen LogP) is 8.33. The lowest BCUT2D eigenvalue weighted by Gasteiger charge is -2.12. The molecule has 2 rings (SSSR count). The van der Waals surface area contributed by atoms with Crippen LogP contribution in [0.1, 0.15) is 159 Å². The first-order valence-electron chi connectivity index (χ1n) is 16.3. The Hall–Kier alpha value is -4.34.